The number of fused-ring (bicyclic) bond motifs is 1. The molecule has 1 unspecified atom stereocenters. The van der Waals surface area contributed by atoms with E-state index in [9.17, 15) is 14.7 Å². The van der Waals surface area contributed by atoms with Crippen LogP contribution in [0.4, 0.5) is 0 Å². The summed E-state index contributed by atoms with van der Waals surface area (Å²) in [6.07, 6.45) is 5.61. The highest BCUT2D eigenvalue weighted by molar-refractivity contribution is 6.31. The van der Waals surface area contributed by atoms with Gasteiger partial charge in [-0.2, -0.15) is 5.10 Å². The zero-order valence-electron chi connectivity index (χ0n) is 16.6. The quantitative estimate of drug-likeness (QED) is 0.564. The summed E-state index contributed by atoms with van der Waals surface area (Å²) in [7, 11) is 0. The molecule has 2 aliphatic rings. The first kappa shape index (κ1) is 19.3. The number of hydrogen-bond acceptors (Lipinski definition) is 4. The maximum absolute atomic E-state index is 13.0. The van der Waals surface area contributed by atoms with E-state index in [1.54, 1.807) is 12.3 Å². The molecule has 0 bridgehead atoms. The number of nitrogens with zero attached hydrogens (tertiary/aromatic N) is 2. The van der Waals surface area contributed by atoms with E-state index < -0.39 is 0 Å². The van der Waals surface area contributed by atoms with Gasteiger partial charge in [0.25, 0.3) is 11.5 Å². The average Bonchev–Trinajstić information content (AvgIpc) is 3.65. The average molecular weight is 427 g/mol. The van der Waals surface area contributed by atoms with Crippen molar-refractivity contribution in [3.8, 4) is 11.3 Å². The van der Waals surface area contributed by atoms with Crippen LogP contribution in [0.15, 0.2) is 29.2 Å². The van der Waals surface area contributed by atoms with Crippen LogP contribution in [0.3, 0.4) is 0 Å². The van der Waals surface area contributed by atoms with E-state index in [0.717, 1.165) is 36.8 Å². The van der Waals surface area contributed by atoms with E-state index in [-0.39, 0.29) is 35.7 Å². The van der Waals surface area contributed by atoms with Gasteiger partial charge in [0.15, 0.2) is 5.69 Å². The molecule has 156 valence electrons. The first-order valence-corrected chi connectivity index (χ1v) is 10.7. The molecule has 30 heavy (non-hydrogen) atoms. The van der Waals surface area contributed by atoms with Gasteiger partial charge in [0.05, 0.1) is 24.5 Å². The number of aryl methyl sites for hydroxylation is 1. The second-order valence-electron chi connectivity index (χ2n) is 8.39. The second kappa shape index (κ2) is 7.25. The lowest BCUT2D eigenvalue weighted by atomic mass is 10.1. The monoisotopic (exact) mass is 426 g/mol. The van der Waals surface area contributed by atoms with Gasteiger partial charge in [-0.3, -0.25) is 9.59 Å². The smallest absolute Gasteiger partial charge is 0.274 e. The van der Waals surface area contributed by atoms with Gasteiger partial charge < -0.3 is 15.4 Å². The third kappa shape index (κ3) is 3.42. The molecule has 2 aliphatic carbocycles. The van der Waals surface area contributed by atoms with Crippen LogP contribution in [0.5, 0.6) is 0 Å². The van der Waals surface area contributed by atoms with Gasteiger partial charge in [-0.25, -0.2) is 4.52 Å². The summed E-state index contributed by atoms with van der Waals surface area (Å²) < 4.78 is 1.51. The number of carbonyl (C=O) groups is 1. The number of aromatic amines is 1. The Balaban J connectivity index is 1.59. The Hall–Kier alpha value is -2.64. The van der Waals surface area contributed by atoms with Crippen LogP contribution in [0.25, 0.3) is 16.8 Å². The highest BCUT2D eigenvalue weighted by atomic mass is 35.5. The van der Waals surface area contributed by atoms with Crippen LogP contribution >= 0.6 is 11.6 Å². The molecule has 1 amide bonds. The van der Waals surface area contributed by atoms with Gasteiger partial charge in [0, 0.05) is 16.1 Å². The summed E-state index contributed by atoms with van der Waals surface area (Å²) in [5.74, 6) is 0.157. The molecule has 5 rings (SSSR count). The number of aromatic nitrogens is 3. The first-order valence-electron chi connectivity index (χ1n) is 10.3. The molecule has 2 heterocycles. The Labute approximate surface area is 178 Å². The number of hydrogen-bond donors (Lipinski definition) is 3. The molecule has 2 aromatic heterocycles. The normalized spacial score (nSPS) is 17.3. The van der Waals surface area contributed by atoms with Crippen molar-refractivity contribution in [3.63, 3.8) is 0 Å². The lowest BCUT2D eigenvalue weighted by molar-refractivity contribution is 0.0901. The van der Waals surface area contributed by atoms with Crippen molar-refractivity contribution in [1.29, 1.82) is 0 Å². The van der Waals surface area contributed by atoms with Crippen LogP contribution < -0.4 is 10.9 Å². The molecule has 2 fully saturated rings. The zero-order valence-corrected chi connectivity index (χ0v) is 17.4. The molecule has 2 saturated carbocycles. The third-order valence-electron chi connectivity index (χ3n) is 6.05. The molecule has 1 atom stereocenters. The van der Waals surface area contributed by atoms with Crippen LogP contribution in [0.2, 0.25) is 5.02 Å². The van der Waals surface area contributed by atoms with E-state index in [2.05, 4.69) is 15.4 Å². The number of amides is 1. The molecule has 3 N–H and O–H groups in total. The summed E-state index contributed by atoms with van der Waals surface area (Å²) in [4.78, 5) is 28.9. The van der Waals surface area contributed by atoms with Crippen LogP contribution in [0.1, 0.15) is 53.2 Å². The third-order valence-corrected chi connectivity index (χ3v) is 6.46. The molecule has 7 nitrogen and oxygen atoms in total. The molecule has 0 saturated heterocycles. The Kier molecular flexibility index (Phi) is 4.67. The van der Waals surface area contributed by atoms with Crippen molar-refractivity contribution >= 4 is 23.0 Å². The van der Waals surface area contributed by atoms with Crippen molar-refractivity contribution in [2.45, 2.75) is 44.6 Å². The van der Waals surface area contributed by atoms with E-state index in [1.807, 2.05) is 19.1 Å². The predicted molar refractivity (Wildman–Crippen MR) is 114 cm³/mol. The van der Waals surface area contributed by atoms with E-state index in [1.165, 1.54) is 4.52 Å². The number of H-pyrrole nitrogens is 1. The van der Waals surface area contributed by atoms with Gasteiger partial charge in [-0.15, -0.1) is 0 Å². The van der Waals surface area contributed by atoms with Crippen molar-refractivity contribution in [3.05, 3.63) is 56.6 Å². The fourth-order valence-corrected chi connectivity index (χ4v) is 4.16. The minimum atomic E-state index is -0.328. The maximum Gasteiger partial charge on any atom is 0.274 e. The molecular weight excluding hydrogens is 404 g/mol. The zero-order chi connectivity index (χ0) is 21.0. The van der Waals surface area contributed by atoms with Crippen molar-refractivity contribution in [2.24, 2.45) is 5.92 Å². The van der Waals surface area contributed by atoms with Gasteiger partial charge >= 0.3 is 0 Å². The fraction of sp³-hybridized carbons (Fsp3) is 0.409. The number of benzene rings is 1. The molecule has 3 aromatic rings. The molecule has 1 aromatic carbocycles. The number of rotatable bonds is 6. The van der Waals surface area contributed by atoms with Crippen LogP contribution in [0, 0.1) is 12.8 Å². The first-order chi connectivity index (χ1) is 14.5. The highest BCUT2D eigenvalue weighted by Gasteiger charge is 2.37. The van der Waals surface area contributed by atoms with E-state index in [0.29, 0.717) is 27.7 Å². The summed E-state index contributed by atoms with van der Waals surface area (Å²) >= 11 is 6.25. The second-order valence-corrected chi connectivity index (χ2v) is 8.80. The predicted octanol–water partition coefficient (Wildman–Crippen LogP) is 3.03. The largest absolute Gasteiger partial charge is 0.394 e. The lowest BCUT2D eigenvalue weighted by Gasteiger charge is -2.14. The summed E-state index contributed by atoms with van der Waals surface area (Å²) in [5, 5.41) is 17.6. The Morgan fingerprint density at radius 2 is 2.13 bits per heavy atom. The standard InChI is InChI=1S/C22H23ClN4O3/c1-11-2-3-14(8-15(11)23)16-9-27-20(22(30)24-16)18(13-6-7-13)19(26-27)21(29)25-17(10-28)12-4-5-12/h2-3,8-9,12-13,17,28H,4-7,10H2,1H3,(H,24,30)(H,25,29). The van der Waals surface area contributed by atoms with Gasteiger partial charge in [0.2, 0.25) is 0 Å². The van der Waals surface area contributed by atoms with Crippen LogP contribution in [-0.4, -0.2) is 38.3 Å². The fourth-order valence-electron chi connectivity index (χ4n) is 3.98. The molecule has 0 aliphatic heterocycles. The Morgan fingerprint density at radius 3 is 2.77 bits per heavy atom. The SMILES string of the molecule is Cc1ccc(-c2cn3nc(C(=O)NC(CO)C4CC4)c(C4CC4)c3c(=O)[nH]2)cc1Cl. The van der Waals surface area contributed by atoms with Gasteiger partial charge in [-0.1, -0.05) is 23.7 Å². The van der Waals surface area contributed by atoms with Crippen LogP contribution in [-0.2, 0) is 0 Å². The van der Waals surface area contributed by atoms with Crippen molar-refractivity contribution in [2.75, 3.05) is 6.61 Å². The minimum Gasteiger partial charge on any atom is -0.394 e. The Bertz CT molecular complexity index is 1210. The van der Waals surface area contributed by atoms with Gasteiger partial charge in [-0.05, 0) is 56.1 Å². The van der Waals surface area contributed by atoms with Gasteiger partial charge in [0.1, 0.15) is 5.52 Å². The molecular formula is C22H23ClN4O3. The highest BCUT2D eigenvalue weighted by Crippen LogP contribution is 2.43. The molecule has 8 heteroatoms. The van der Waals surface area contributed by atoms with E-state index >= 15 is 0 Å². The molecule has 0 spiro atoms. The van der Waals surface area contributed by atoms with Crippen molar-refractivity contribution in [1.82, 2.24) is 19.9 Å². The number of carbonyl (C=O) groups excluding carboxylic acids is 1. The lowest BCUT2D eigenvalue weighted by Crippen LogP contribution is -2.39. The summed E-state index contributed by atoms with van der Waals surface area (Å²) in [6.45, 7) is 1.82. The number of aliphatic hydroxyl groups is 1. The number of halogens is 1. The number of aliphatic hydroxyl groups excluding tert-OH is 1. The maximum atomic E-state index is 13.0. The van der Waals surface area contributed by atoms with E-state index in [4.69, 9.17) is 11.6 Å². The van der Waals surface area contributed by atoms with Crippen molar-refractivity contribution < 1.29 is 9.90 Å². The number of nitrogens with one attached hydrogen (secondary N) is 2. The summed E-state index contributed by atoms with van der Waals surface area (Å²) in [6, 6.07) is 5.32. The summed E-state index contributed by atoms with van der Waals surface area (Å²) in [5.41, 5.74) is 3.42. The minimum absolute atomic E-state index is 0.0958. The Morgan fingerprint density at radius 1 is 1.37 bits per heavy atom. The topological polar surface area (TPSA) is 99.5 Å². The molecule has 0 radical (unpaired) electrons.